The Morgan fingerprint density at radius 2 is 1.73 bits per heavy atom. The number of nitrogens with one attached hydrogen (secondary N) is 2. The number of carbonyl (C=O) groups is 2. The fourth-order valence-electron chi connectivity index (χ4n) is 2.16. The zero-order valence-electron chi connectivity index (χ0n) is 13.5. The van der Waals surface area contributed by atoms with E-state index in [1.54, 1.807) is 54.6 Å². The highest BCUT2D eigenvalue weighted by molar-refractivity contribution is 6.30. The van der Waals surface area contributed by atoms with Crippen LogP contribution >= 0.6 is 11.6 Å². The van der Waals surface area contributed by atoms with E-state index < -0.39 is 11.8 Å². The second kappa shape index (κ2) is 8.13. The SMILES string of the molecule is O=C(Nc1ccccc1C(=O)NN=Cc1ccc(Cl)cc1)c1ccco1. The van der Waals surface area contributed by atoms with Gasteiger partial charge in [-0.1, -0.05) is 35.9 Å². The van der Waals surface area contributed by atoms with E-state index in [1.807, 2.05) is 0 Å². The fraction of sp³-hybridized carbons (Fsp3) is 0. The Kier molecular flexibility index (Phi) is 5.46. The molecule has 0 aliphatic heterocycles. The Morgan fingerprint density at radius 1 is 0.962 bits per heavy atom. The lowest BCUT2D eigenvalue weighted by Gasteiger charge is -2.08. The van der Waals surface area contributed by atoms with Crippen LogP contribution in [0.4, 0.5) is 5.69 Å². The highest BCUT2D eigenvalue weighted by atomic mass is 35.5. The van der Waals surface area contributed by atoms with E-state index in [1.165, 1.54) is 18.5 Å². The molecule has 3 aromatic rings. The van der Waals surface area contributed by atoms with Gasteiger partial charge in [0.15, 0.2) is 5.76 Å². The van der Waals surface area contributed by atoms with Crippen molar-refractivity contribution in [2.45, 2.75) is 0 Å². The number of hydrogen-bond donors (Lipinski definition) is 2. The minimum atomic E-state index is -0.453. The average Bonchev–Trinajstić information content (AvgIpc) is 3.18. The molecular formula is C19H14ClN3O3. The molecule has 6 nitrogen and oxygen atoms in total. The highest BCUT2D eigenvalue weighted by Gasteiger charge is 2.14. The molecule has 0 atom stereocenters. The van der Waals surface area contributed by atoms with Crippen molar-refractivity contribution >= 4 is 35.3 Å². The number of hydrogen-bond acceptors (Lipinski definition) is 4. The Morgan fingerprint density at radius 3 is 2.46 bits per heavy atom. The molecule has 1 aromatic heterocycles. The van der Waals surface area contributed by atoms with E-state index >= 15 is 0 Å². The van der Waals surface area contributed by atoms with E-state index in [0.29, 0.717) is 10.7 Å². The second-order valence-corrected chi connectivity index (χ2v) is 5.66. The quantitative estimate of drug-likeness (QED) is 0.529. The van der Waals surface area contributed by atoms with E-state index in [0.717, 1.165) is 5.56 Å². The van der Waals surface area contributed by atoms with E-state index in [2.05, 4.69) is 15.8 Å². The van der Waals surface area contributed by atoms with Crippen LogP contribution < -0.4 is 10.7 Å². The number of benzene rings is 2. The second-order valence-electron chi connectivity index (χ2n) is 5.23. The molecule has 0 saturated heterocycles. The topological polar surface area (TPSA) is 83.7 Å². The van der Waals surface area contributed by atoms with Gasteiger partial charge in [-0.3, -0.25) is 9.59 Å². The van der Waals surface area contributed by atoms with Crippen LogP contribution in [0, 0.1) is 0 Å². The number of hydrazone groups is 1. The van der Waals surface area contributed by atoms with Gasteiger partial charge in [-0.25, -0.2) is 5.43 Å². The third-order valence-electron chi connectivity index (χ3n) is 3.41. The van der Waals surface area contributed by atoms with Gasteiger partial charge in [-0.15, -0.1) is 0 Å². The third-order valence-corrected chi connectivity index (χ3v) is 3.67. The van der Waals surface area contributed by atoms with E-state index in [-0.39, 0.29) is 11.3 Å². The number of para-hydroxylation sites is 1. The van der Waals surface area contributed by atoms with Crippen LogP contribution in [0.3, 0.4) is 0 Å². The molecule has 0 aliphatic carbocycles. The first-order valence-electron chi connectivity index (χ1n) is 7.66. The molecule has 0 saturated carbocycles. The molecule has 2 amide bonds. The van der Waals surface area contributed by atoms with Gasteiger partial charge in [0.1, 0.15) is 0 Å². The maximum atomic E-state index is 12.4. The molecule has 0 unspecified atom stereocenters. The molecule has 3 rings (SSSR count). The summed E-state index contributed by atoms with van der Waals surface area (Å²) in [7, 11) is 0. The van der Waals surface area contributed by atoms with Gasteiger partial charge in [-0.05, 0) is 42.0 Å². The fourth-order valence-corrected chi connectivity index (χ4v) is 2.28. The maximum absolute atomic E-state index is 12.4. The van der Waals surface area contributed by atoms with Crippen molar-refractivity contribution in [3.8, 4) is 0 Å². The largest absolute Gasteiger partial charge is 0.459 e. The van der Waals surface area contributed by atoms with Gasteiger partial charge in [-0.2, -0.15) is 5.10 Å². The smallest absolute Gasteiger partial charge is 0.291 e. The van der Waals surface area contributed by atoms with Crippen molar-refractivity contribution in [3.63, 3.8) is 0 Å². The molecule has 0 spiro atoms. The van der Waals surface area contributed by atoms with Gasteiger partial charge in [0, 0.05) is 5.02 Å². The minimum Gasteiger partial charge on any atom is -0.459 e. The maximum Gasteiger partial charge on any atom is 0.291 e. The summed E-state index contributed by atoms with van der Waals surface area (Å²) in [6, 6.07) is 16.8. The summed E-state index contributed by atoms with van der Waals surface area (Å²) in [5.41, 5.74) is 3.85. The van der Waals surface area contributed by atoms with Crippen LogP contribution in [-0.2, 0) is 0 Å². The molecule has 26 heavy (non-hydrogen) atoms. The van der Waals surface area contributed by atoms with Crippen LogP contribution in [-0.4, -0.2) is 18.0 Å². The number of halogens is 1. The Balaban J connectivity index is 1.69. The van der Waals surface area contributed by atoms with Crippen molar-refractivity contribution < 1.29 is 14.0 Å². The lowest BCUT2D eigenvalue weighted by atomic mass is 10.1. The summed E-state index contributed by atoms with van der Waals surface area (Å²) in [5, 5.41) is 7.18. The average molecular weight is 368 g/mol. The van der Waals surface area contributed by atoms with E-state index in [9.17, 15) is 9.59 Å². The summed E-state index contributed by atoms with van der Waals surface area (Å²) in [5.74, 6) is -0.744. The number of carbonyl (C=O) groups excluding carboxylic acids is 2. The number of nitrogens with zero attached hydrogens (tertiary/aromatic N) is 1. The first kappa shape index (κ1) is 17.4. The van der Waals surface area contributed by atoms with Crippen molar-refractivity contribution in [3.05, 3.63) is 88.8 Å². The monoisotopic (exact) mass is 367 g/mol. The molecule has 0 bridgehead atoms. The lowest BCUT2D eigenvalue weighted by Crippen LogP contribution is -2.21. The van der Waals surface area contributed by atoms with Crippen LogP contribution in [0.1, 0.15) is 26.5 Å². The summed E-state index contributed by atoms with van der Waals surface area (Å²) < 4.78 is 5.04. The van der Waals surface area contributed by atoms with Gasteiger partial charge in [0.25, 0.3) is 11.8 Å². The lowest BCUT2D eigenvalue weighted by molar-refractivity contribution is 0.0956. The predicted octanol–water partition coefficient (Wildman–Crippen LogP) is 3.95. The molecule has 7 heteroatoms. The minimum absolute atomic E-state index is 0.154. The first-order chi connectivity index (χ1) is 12.6. The molecule has 0 radical (unpaired) electrons. The molecular weight excluding hydrogens is 354 g/mol. The van der Waals surface area contributed by atoms with Crippen molar-refractivity contribution in [2.75, 3.05) is 5.32 Å². The number of anilines is 1. The Bertz CT molecular complexity index is 935. The van der Waals surface area contributed by atoms with Crippen LogP contribution in [0.25, 0.3) is 0 Å². The number of rotatable bonds is 5. The summed E-state index contributed by atoms with van der Waals surface area (Å²) in [6.07, 6.45) is 2.90. The zero-order chi connectivity index (χ0) is 18.4. The summed E-state index contributed by atoms with van der Waals surface area (Å²) >= 11 is 5.82. The standard InChI is InChI=1S/C19H14ClN3O3/c20-14-9-7-13(8-10-14)12-21-23-18(24)15-4-1-2-5-16(15)22-19(25)17-6-3-11-26-17/h1-12H,(H,22,25)(H,23,24). The Hall–Kier alpha value is -3.38. The van der Waals surface area contributed by atoms with Gasteiger partial charge in [0.05, 0.1) is 23.7 Å². The molecule has 0 aliphatic rings. The summed E-state index contributed by atoms with van der Waals surface area (Å²) in [4.78, 5) is 24.5. The van der Waals surface area contributed by atoms with Gasteiger partial charge in [0.2, 0.25) is 0 Å². The highest BCUT2D eigenvalue weighted by Crippen LogP contribution is 2.16. The van der Waals surface area contributed by atoms with Crippen LogP contribution in [0.15, 0.2) is 76.4 Å². The van der Waals surface area contributed by atoms with Crippen molar-refractivity contribution in [1.82, 2.24) is 5.43 Å². The normalized spacial score (nSPS) is 10.7. The molecule has 1 heterocycles. The van der Waals surface area contributed by atoms with Gasteiger partial charge < -0.3 is 9.73 Å². The Labute approximate surface area is 154 Å². The number of amides is 2. The molecule has 2 N–H and O–H groups in total. The molecule has 130 valence electrons. The molecule has 0 fully saturated rings. The van der Waals surface area contributed by atoms with Crippen LogP contribution in [0.5, 0.6) is 0 Å². The van der Waals surface area contributed by atoms with Gasteiger partial charge >= 0.3 is 0 Å². The molecule has 2 aromatic carbocycles. The van der Waals surface area contributed by atoms with E-state index in [4.69, 9.17) is 16.0 Å². The first-order valence-corrected chi connectivity index (χ1v) is 8.04. The predicted molar refractivity (Wildman–Crippen MR) is 99.6 cm³/mol. The zero-order valence-corrected chi connectivity index (χ0v) is 14.2. The van der Waals surface area contributed by atoms with Crippen molar-refractivity contribution in [2.24, 2.45) is 5.10 Å². The summed E-state index contributed by atoms with van der Waals surface area (Å²) in [6.45, 7) is 0. The van der Waals surface area contributed by atoms with Crippen LogP contribution in [0.2, 0.25) is 5.02 Å². The third kappa shape index (κ3) is 4.37. The number of furan rings is 1. The van der Waals surface area contributed by atoms with Crippen molar-refractivity contribution in [1.29, 1.82) is 0 Å².